The van der Waals surface area contributed by atoms with E-state index in [0.29, 0.717) is 17.9 Å². The number of hydrogen-bond acceptors (Lipinski definition) is 10. The molecule has 0 bridgehead atoms. The van der Waals surface area contributed by atoms with Gasteiger partial charge in [-0.1, -0.05) is 5.16 Å². The fourth-order valence-electron chi connectivity index (χ4n) is 3.72. The van der Waals surface area contributed by atoms with Crippen molar-refractivity contribution in [2.75, 3.05) is 11.5 Å². The van der Waals surface area contributed by atoms with Crippen LogP contribution in [-0.4, -0.2) is 61.3 Å². The number of aromatic nitrogens is 3. The topological polar surface area (TPSA) is 159 Å². The number of carbonyl (C=O) groups is 3. The van der Waals surface area contributed by atoms with Gasteiger partial charge in [0.05, 0.1) is 17.9 Å². The number of amides is 2. The molecule has 1 saturated heterocycles. The van der Waals surface area contributed by atoms with Gasteiger partial charge in [0.1, 0.15) is 29.8 Å². The number of rotatable bonds is 8. The molecule has 1 saturated carbocycles. The molecular formula is C20H21N7O5S2. The molecule has 5 rings (SSSR count). The van der Waals surface area contributed by atoms with Gasteiger partial charge in [0, 0.05) is 17.2 Å². The van der Waals surface area contributed by atoms with Gasteiger partial charge in [-0.25, -0.2) is 4.98 Å². The van der Waals surface area contributed by atoms with E-state index in [4.69, 9.17) is 10.6 Å². The van der Waals surface area contributed by atoms with Crippen LogP contribution in [0.15, 0.2) is 40.3 Å². The largest absolute Gasteiger partial charge is 0.543 e. The number of aliphatic carboxylic acids is 1. The second-order valence-corrected chi connectivity index (χ2v) is 10.1. The van der Waals surface area contributed by atoms with Crippen molar-refractivity contribution in [1.29, 1.82) is 0 Å². The number of carboxylic acids is 1. The quantitative estimate of drug-likeness (QED) is 0.187. The average Bonchev–Trinajstić information content (AvgIpc) is 3.40. The highest BCUT2D eigenvalue weighted by Crippen LogP contribution is 2.40. The summed E-state index contributed by atoms with van der Waals surface area (Å²) in [5.41, 5.74) is 6.27. The molecule has 2 aliphatic heterocycles. The molecule has 1 aliphatic carbocycles. The molecule has 0 aromatic carbocycles. The van der Waals surface area contributed by atoms with Gasteiger partial charge in [-0.15, -0.1) is 27.8 Å². The first-order chi connectivity index (χ1) is 16.3. The summed E-state index contributed by atoms with van der Waals surface area (Å²) in [5, 5.41) is 19.9. The first-order valence-electron chi connectivity index (χ1n) is 10.5. The molecule has 12 nitrogen and oxygen atoms in total. The minimum absolute atomic E-state index is 0.0372. The predicted octanol–water partition coefficient (Wildman–Crippen LogP) is -1.66. The second-order valence-electron chi connectivity index (χ2n) is 8.08. The number of nitrogens with one attached hydrogen (secondary N) is 1. The summed E-state index contributed by atoms with van der Waals surface area (Å²) in [7, 11) is 1.83. The number of thioether (sulfide) groups is 1. The summed E-state index contributed by atoms with van der Waals surface area (Å²) in [6.07, 6.45) is 5.32. The third kappa shape index (κ3) is 4.14. The first kappa shape index (κ1) is 22.4. The van der Waals surface area contributed by atoms with Crippen molar-refractivity contribution in [2.45, 2.75) is 36.9 Å². The molecule has 0 spiro atoms. The lowest BCUT2D eigenvalue weighted by molar-refractivity contribution is -0.752. The van der Waals surface area contributed by atoms with E-state index in [1.807, 2.05) is 34.9 Å². The summed E-state index contributed by atoms with van der Waals surface area (Å²) >= 11 is 2.53. The SMILES string of the molecule is C[n+]1cccn1CC1=C(C(=O)[O-])N2C(=O)[C@@H](NC(=O)C(=NOC3CC3)c3csc(N)n3)[C@H]2SC1. The van der Waals surface area contributed by atoms with E-state index in [9.17, 15) is 19.5 Å². The van der Waals surface area contributed by atoms with E-state index in [1.54, 1.807) is 5.38 Å². The summed E-state index contributed by atoms with van der Waals surface area (Å²) < 4.78 is 3.64. The molecule has 3 N–H and O–H groups in total. The average molecular weight is 504 g/mol. The highest BCUT2D eigenvalue weighted by Gasteiger charge is 2.53. The van der Waals surface area contributed by atoms with Crippen molar-refractivity contribution in [3.8, 4) is 0 Å². The molecule has 14 heteroatoms. The Morgan fingerprint density at radius 2 is 2.24 bits per heavy atom. The Kier molecular flexibility index (Phi) is 5.77. The number of β-lactam (4-membered cyclic amide) rings is 1. The zero-order valence-electron chi connectivity index (χ0n) is 18.0. The number of oxime groups is 1. The lowest BCUT2D eigenvalue weighted by Crippen LogP contribution is -2.71. The van der Waals surface area contributed by atoms with Crippen LogP contribution in [0.1, 0.15) is 18.5 Å². The summed E-state index contributed by atoms with van der Waals surface area (Å²) in [6.45, 7) is 0.300. The molecule has 178 valence electrons. The molecule has 2 aromatic heterocycles. The number of carboxylic acid groups (broad SMARTS) is 1. The zero-order valence-corrected chi connectivity index (χ0v) is 19.7. The van der Waals surface area contributed by atoms with Crippen LogP contribution in [-0.2, 0) is 32.8 Å². The lowest BCUT2D eigenvalue weighted by Gasteiger charge is -2.50. The number of nitrogens with zero attached hydrogens (tertiary/aromatic N) is 5. The summed E-state index contributed by atoms with van der Waals surface area (Å²) in [5.74, 6) is -2.23. The van der Waals surface area contributed by atoms with Gasteiger partial charge < -0.3 is 25.8 Å². The van der Waals surface area contributed by atoms with Gasteiger partial charge in [-0.05, 0) is 18.4 Å². The van der Waals surface area contributed by atoms with Gasteiger partial charge in [0.15, 0.2) is 24.1 Å². The molecule has 34 heavy (non-hydrogen) atoms. The maximum Gasteiger partial charge on any atom is 0.276 e. The van der Waals surface area contributed by atoms with Crippen LogP contribution < -0.4 is 20.8 Å². The van der Waals surface area contributed by atoms with Crippen molar-refractivity contribution < 1.29 is 29.0 Å². The lowest BCUT2D eigenvalue weighted by atomic mass is 10.0. The minimum Gasteiger partial charge on any atom is -0.543 e. The Bertz CT molecular complexity index is 1230. The van der Waals surface area contributed by atoms with Crippen LogP contribution in [0.3, 0.4) is 0 Å². The van der Waals surface area contributed by atoms with Crippen LogP contribution in [0.2, 0.25) is 0 Å². The number of thiazole rings is 1. The normalized spacial score (nSPS) is 22.3. The number of anilines is 1. The standard InChI is InChI=1S/C20H21N7O5S2/c1-25-5-2-6-26(25)7-10-8-33-18-14(17(29)27(18)15(10)19(30)31)23-16(28)13(24-32-11-3-4-11)12-9-34-20(21)22-12/h2,5-6,9,11,14,18H,3-4,7-8H2,1H3,(H3-,21,22,23,28,30,31)/t14-,18-/m1/s1. The van der Waals surface area contributed by atoms with Gasteiger partial charge in [-0.3, -0.25) is 14.5 Å². The molecule has 2 aromatic rings. The van der Waals surface area contributed by atoms with E-state index in [1.165, 1.54) is 16.7 Å². The fraction of sp³-hybridized carbons (Fsp3) is 0.400. The van der Waals surface area contributed by atoms with E-state index in [0.717, 1.165) is 24.2 Å². The number of fused-ring (bicyclic) bond motifs is 1. The number of nitrogen functional groups attached to an aromatic ring is 1. The minimum atomic E-state index is -1.42. The van der Waals surface area contributed by atoms with Crippen LogP contribution in [0.5, 0.6) is 0 Å². The molecular weight excluding hydrogens is 482 g/mol. The highest BCUT2D eigenvalue weighted by molar-refractivity contribution is 8.00. The third-order valence-corrected chi connectivity index (χ3v) is 7.66. The predicted molar refractivity (Wildman–Crippen MR) is 120 cm³/mol. The second kappa shape index (κ2) is 8.76. The molecule has 0 radical (unpaired) electrons. The molecule has 3 aliphatic rings. The van der Waals surface area contributed by atoms with Crippen LogP contribution in [0.4, 0.5) is 5.13 Å². The van der Waals surface area contributed by atoms with E-state index < -0.39 is 29.2 Å². The van der Waals surface area contributed by atoms with Gasteiger partial charge in [0.25, 0.3) is 11.8 Å². The molecule has 2 fully saturated rings. The maximum atomic E-state index is 13.0. The summed E-state index contributed by atoms with van der Waals surface area (Å²) in [6, 6.07) is 0.915. The van der Waals surface area contributed by atoms with Crippen molar-refractivity contribution in [3.63, 3.8) is 0 Å². The fourth-order valence-corrected chi connectivity index (χ4v) is 5.60. The van der Waals surface area contributed by atoms with Crippen molar-refractivity contribution in [1.82, 2.24) is 19.9 Å². The van der Waals surface area contributed by atoms with E-state index in [-0.39, 0.29) is 28.3 Å². The van der Waals surface area contributed by atoms with E-state index >= 15 is 0 Å². The molecule has 2 atom stereocenters. The zero-order chi connectivity index (χ0) is 24.0. The van der Waals surface area contributed by atoms with Gasteiger partial charge >= 0.3 is 0 Å². The number of carbonyl (C=O) groups excluding carboxylic acids is 3. The number of nitrogens with two attached hydrogens (primary N) is 1. The molecule has 4 heterocycles. The summed E-state index contributed by atoms with van der Waals surface area (Å²) in [4.78, 5) is 48.6. The maximum absolute atomic E-state index is 13.0. The number of hydrogen-bond donors (Lipinski definition) is 2. The van der Waals surface area contributed by atoms with Crippen molar-refractivity contribution in [3.05, 3.63) is 40.8 Å². The van der Waals surface area contributed by atoms with E-state index in [2.05, 4.69) is 15.5 Å². The monoisotopic (exact) mass is 503 g/mol. The Labute approximate surface area is 202 Å². The van der Waals surface area contributed by atoms with Crippen molar-refractivity contribution in [2.24, 2.45) is 12.2 Å². The Hall–Kier alpha value is -3.39. The van der Waals surface area contributed by atoms with Crippen LogP contribution in [0, 0.1) is 0 Å². The van der Waals surface area contributed by atoms with Crippen LogP contribution in [0.25, 0.3) is 0 Å². The highest BCUT2D eigenvalue weighted by atomic mass is 32.2. The van der Waals surface area contributed by atoms with Gasteiger partial charge in [-0.2, -0.15) is 4.68 Å². The Morgan fingerprint density at radius 1 is 1.44 bits per heavy atom. The molecule has 2 amide bonds. The Morgan fingerprint density at radius 3 is 2.85 bits per heavy atom. The van der Waals surface area contributed by atoms with Crippen molar-refractivity contribution >= 4 is 51.7 Å². The molecule has 0 unspecified atom stereocenters. The smallest absolute Gasteiger partial charge is 0.276 e. The Balaban J connectivity index is 1.34. The first-order valence-corrected chi connectivity index (χ1v) is 12.4. The number of aryl methyl sites for hydroxylation is 1. The van der Waals surface area contributed by atoms with Crippen LogP contribution >= 0.6 is 23.1 Å². The third-order valence-electron chi connectivity index (χ3n) is 5.64. The van der Waals surface area contributed by atoms with Gasteiger partial charge in [0.2, 0.25) is 0 Å².